The zero-order chi connectivity index (χ0) is 25.0. The highest BCUT2D eigenvalue weighted by molar-refractivity contribution is 7.98. The van der Waals surface area contributed by atoms with Crippen LogP contribution in [0.15, 0.2) is 34.0 Å². The second-order valence-electron chi connectivity index (χ2n) is 7.45. The van der Waals surface area contributed by atoms with Crippen molar-refractivity contribution in [2.45, 2.75) is 30.7 Å². The standard InChI is InChI=1S/C23H28NO8PS/c1-13(25)24-17-9-7-14-11-19(32-33(27,30-4)31-5)22(28-2)23(29-3)21(14)15-8-10-20(34-6)18(26)12-16(15)17/h8,10-12,17H,7,9H2,1-6H3,(H,24,25)/t17-/m0/s1. The molecular weight excluding hydrogens is 481 g/mol. The van der Waals surface area contributed by atoms with Gasteiger partial charge < -0.3 is 19.3 Å². The summed E-state index contributed by atoms with van der Waals surface area (Å²) in [6.07, 6.45) is 2.85. The lowest BCUT2D eigenvalue weighted by molar-refractivity contribution is -0.119. The highest BCUT2D eigenvalue weighted by Gasteiger charge is 2.33. The first-order chi connectivity index (χ1) is 16.2. The van der Waals surface area contributed by atoms with Crippen LogP contribution in [-0.2, 0) is 24.8 Å². The summed E-state index contributed by atoms with van der Waals surface area (Å²) >= 11 is 1.35. The third-order valence-electron chi connectivity index (χ3n) is 5.54. The summed E-state index contributed by atoms with van der Waals surface area (Å²) in [7, 11) is 1.47. The van der Waals surface area contributed by atoms with E-state index in [1.54, 1.807) is 18.2 Å². The van der Waals surface area contributed by atoms with Crippen LogP contribution >= 0.6 is 19.6 Å². The van der Waals surface area contributed by atoms with Crippen molar-refractivity contribution in [3.63, 3.8) is 0 Å². The normalized spacial score (nSPS) is 14.9. The molecule has 0 fully saturated rings. The van der Waals surface area contributed by atoms with Crippen LogP contribution in [0, 0.1) is 0 Å². The van der Waals surface area contributed by atoms with Crippen LogP contribution < -0.4 is 24.7 Å². The highest BCUT2D eigenvalue weighted by atomic mass is 32.2. The van der Waals surface area contributed by atoms with E-state index in [9.17, 15) is 14.2 Å². The summed E-state index contributed by atoms with van der Waals surface area (Å²) in [5.41, 5.74) is 2.74. The first-order valence-electron chi connectivity index (χ1n) is 10.4. The first-order valence-corrected chi connectivity index (χ1v) is 13.1. The zero-order valence-electron chi connectivity index (χ0n) is 19.9. The molecule has 2 aromatic carbocycles. The molecule has 0 saturated heterocycles. The number of amides is 1. The predicted octanol–water partition coefficient (Wildman–Crippen LogP) is 4.36. The molecule has 2 aromatic rings. The van der Waals surface area contributed by atoms with Crippen molar-refractivity contribution < 1.29 is 32.4 Å². The molecule has 1 aliphatic rings. The maximum absolute atomic E-state index is 12.9. The van der Waals surface area contributed by atoms with Crippen molar-refractivity contribution in [3.8, 4) is 28.4 Å². The van der Waals surface area contributed by atoms with Gasteiger partial charge >= 0.3 is 7.82 Å². The third-order valence-corrected chi connectivity index (χ3v) is 7.63. The van der Waals surface area contributed by atoms with E-state index in [1.807, 2.05) is 12.3 Å². The van der Waals surface area contributed by atoms with E-state index in [-0.39, 0.29) is 22.8 Å². The van der Waals surface area contributed by atoms with Crippen LogP contribution in [0.1, 0.15) is 30.5 Å². The maximum atomic E-state index is 12.9. The van der Waals surface area contributed by atoms with Gasteiger partial charge in [0.15, 0.2) is 16.9 Å². The molecule has 1 amide bonds. The lowest BCUT2D eigenvalue weighted by atomic mass is 9.95. The van der Waals surface area contributed by atoms with Gasteiger partial charge in [-0.1, -0.05) is 6.07 Å². The average Bonchev–Trinajstić information content (AvgIpc) is 3.06. The molecule has 0 bridgehead atoms. The third kappa shape index (κ3) is 5.10. The van der Waals surface area contributed by atoms with E-state index in [2.05, 4.69) is 5.32 Å². The topological polar surface area (TPSA) is 109 Å². The van der Waals surface area contributed by atoms with Crippen LogP contribution in [0.2, 0.25) is 0 Å². The fourth-order valence-corrected chi connectivity index (χ4v) is 5.19. The van der Waals surface area contributed by atoms with E-state index in [4.69, 9.17) is 23.0 Å². The van der Waals surface area contributed by atoms with Crippen LogP contribution in [0.3, 0.4) is 0 Å². The van der Waals surface area contributed by atoms with Crippen molar-refractivity contribution in [1.29, 1.82) is 0 Å². The van der Waals surface area contributed by atoms with Gasteiger partial charge in [0.05, 0.1) is 25.2 Å². The quantitative estimate of drug-likeness (QED) is 0.410. The molecule has 0 aliphatic heterocycles. The zero-order valence-corrected chi connectivity index (χ0v) is 21.6. The molecule has 11 heteroatoms. The Balaban J connectivity index is 2.37. The maximum Gasteiger partial charge on any atom is 0.529 e. The van der Waals surface area contributed by atoms with Gasteiger partial charge in [0, 0.05) is 26.7 Å². The van der Waals surface area contributed by atoms with Crippen molar-refractivity contribution in [1.82, 2.24) is 5.32 Å². The molecule has 184 valence electrons. The van der Waals surface area contributed by atoms with Gasteiger partial charge in [0.2, 0.25) is 11.7 Å². The number of nitrogens with one attached hydrogen (secondary N) is 1. The van der Waals surface area contributed by atoms with Gasteiger partial charge in [-0.2, -0.15) is 0 Å². The second kappa shape index (κ2) is 10.8. The number of benzene rings is 1. The molecular formula is C23H28NO8PS. The van der Waals surface area contributed by atoms with Gasteiger partial charge in [0.1, 0.15) is 0 Å². The van der Waals surface area contributed by atoms with Crippen molar-refractivity contribution in [2.24, 2.45) is 0 Å². The van der Waals surface area contributed by atoms with E-state index in [0.29, 0.717) is 40.2 Å². The number of carbonyl (C=O) groups is 1. The molecule has 9 nitrogen and oxygen atoms in total. The van der Waals surface area contributed by atoms with Crippen molar-refractivity contribution in [3.05, 3.63) is 45.6 Å². The van der Waals surface area contributed by atoms with Crippen molar-refractivity contribution >= 4 is 25.5 Å². The summed E-state index contributed by atoms with van der Waals surface area (Å²) in [5.74, 6) is 0.446. The number of ether oxygens (including phenoxy) is 2. The molecule has 3 rings (SSSR count). The minimum absolute atomic E-state index is 0.124. The molecule has 34 heavy (non-hydrogen) atoms. The van der Waals surface area contributed by atoms with E-state index in [0.717, 1.165) is 5.56 Å². The van der Waals surface area contributed by atoms with Gasteiger partial charge in [-0.3, -0.25) is 18.6 Å². The van der Waals surface area contributed by atoms with Crippen LogP contribution in [-0.4, -0.2) is 40.6 Å². The number of methoxy groups -OCH3 is 2. The fourth-order valence-electron chi connectivity index (χ4n) is 4.05. The Morgan fingerprint density at radius 2 is 1.76 bits per heavy atom. The van der Waals surface area contributed by atoms with E-state index in [1.165, 1.54) is 47.1 Å². The number of phosphoric ester groups is 1. The molecule has 0 aromatic heterocycles. The molecule has 0 saturated carbocycles. The second-order valence-corrected chi connectivity index (χ2v) is 10.1. The molecule has 1 N–H and O–H groups in total. The highest BCUT2D eigenvalue weighted by Crippen LogP contribution is 2.55. The minimum Gasteiger partial charge on any atom is -0.492 e. The molecule has 0 radical (unpaired) electrons. The lowest BCUT2D eigenvalue weighted by Crippen LogP contribution is -2.26. The van der Waals surface area contributed by atoms with Gasteiger partial charge in [0.25, 0.3) is 0 Å². The minimum atomic E-state index is -3.88. The SMILES string of the molecule is COc1c(OP(=O)(OC)OC)cc2c(c1OC)-c1ccc(SC)c(=O)cc1[C@@H](NC(C)=O)CC2. The Labute approximate surface area is 202 Å². The van der Waals surface area contributed by atoms with E-state index >= 15 is 0 Å². The van der Waals surface area contributed by atoms with Gasteiger partial charge in [-0.15, -0.1) is 11.8 Å². The first kappa shape index (κ1) is 26.1. The summed E-state index contributed by atoms with van der Waals surface area (Å²) < 4.78 is 39.5. The van der Waals surface area contributed by atoms with Crippen LogP contribution in [0.4, 0.5) is 0 Å². The summed E-state index contributed by atoms with van der Waals surface area (Å²) in [6, 6.07) is 6.46. The molecule has 0 unspecified atom stereocenters. The lowest BCUT2D eigenvalue weighted by Gasteiger charge is -2.22. The smallest absolute Gasteiger partial charge is 0.492 e. The number of hydrogen-bond acceptors (Lipinski definition) is 9. The number of thioether (sulfide) groups is 1. The monoisotopic (exact) mass is 509 g/mol. The average molecular weight is 510 g/mol. The number of aryl methyl sites for hydroxylation is 1. The number of fused-ring (bicyclic) bond motifs is 3. The Bertz CT molecular complexity index is 1190. The largest absolute Gasteiger partial charge is 0.529 e. The number of phosphoric acid groups is 1. The summed E-state index contributed by atoms with van der Waals surface area (Å²) in [4.78, 5) is 25.4. The Morgan fingerprint density at radius 1 is 1.09 bits per heavy atom. The summed E-state index contributed by atoms with van der Waals surface area (Å²) in [6.45, 7) is 1.44. The van der Waals surface area contributed by atoms with Crippen molar-refractivity contribution in [2.75, 3.05) is 34.7 Å². The molecule has 1 atom stereocenters. The fraction of sp³-hybridized carbons (Fsp3) is 0.391. The Morgan fingerprint density at radius 3 is 2.32 bits per heavy atom. The van der Waals surface area contributed by atoms with Gasteiger partial charge in [-0.25, -0.2) is 4.57 Å². The van der Waals surface area contributed by atoms with Crippen LogP contribution in [0.25, 0.3) is 11.1 Å². The molecule has 0 heterocycles. The molecule has 0 spiro atoms. The van der Waals surface area contributed by atoms with E-state index < -0.39 is 13.9 Å². The number of carbonyl (C=O) groups excluding carboxylic acids is 1. The van der Waals surface area contributed by atoms with Gasteiger partial charge in [-0.05, 0) is 54.0 Å². The molecule has 1 aliphatic carbocycles. The Kier molecular flexibility index (Phi) is 8.30. The Hall–Kier alpha value is -2.52. The summed E-state index contributed by atoms with van der Waals surface area (Å²) in [5, 5.41) is 2.96. The number of rotatable bonds is 8. The van der Waals surface area contributed by atoms with Crippen LogP contribution in [0.5, 0.6) is 17.2 Å². The number of hydrogen-bond donors (Lipinski definition) is 1. The predicted molar refractivity (Wildman–Crippen MR) is 130 cm³/mol.